The Kier molecular flexibility index (Phi) is 4.80. The smallest absolute Gasteiger partial charge is 0.172 e. The predicted octanol–water partition coefficient (Wildman–Crippen LogP) is 4.00. The van der Waals surface area contributed by atoms with Gasteiger partial charge in [-0.2, -0.15) is 0 Å². The molecule has 1 fully saturated rings. The maximum absolute atomic E-state index is 6.37. The zero-order valence-electron chi connectivity index (χ0n) is 13.2. The number of nitrogens with two attached hydrogens (primary N) is 2. The summed E-state index contributed by atoms with van der Waals surface area (Å²) in [4.78, 5) is 10.9. The summed E-state index contributed by atoms with van der Waals surface area (Å²) in [5.41, 5.74) is 13.2. The number of rotatable bonds is 2. The molecule has 128 valence electrons. The summed E-state index contributed by atoms with van der Waals surface area (Å²) in [6.07, 6.45) is 1.71. The van der Waals surface area contributed by atoms with Crippen molar-refractivity contribution in [3.05, 3.63) is 33.4 Å². The van der Waals surface area contributed by atoms with Crippen molar-refractivity contribution < 1.29 is 0 Å². The van der Waals surface area contributed by atoms with E-state index in [2.05, 4.69) is 21.8 Å². The monoisotopic (exact) mass is 385 g/mol. The average molecular weight is 387 g/mol. The summed E-state index contributed by atoms with van der Waals surface area (Å²) >= 11 is 18.7. The Balaban J connectivity index is 1.96. The van der Waals surface area contributed by atoms with Gasteiger partial charge in [-0.25, -0.2) is 9.97 Å². The molecule has 0 radical (unpaired) electrons. The molecule has 3 rings (SSSR count). The van der Waals surface area contributed by atoms with Crippen LogP contribution < -0.4 is 16.4 Å². The normalized spacial score (nSPS) is 17.1. The second kappa shape index (κ2) is 6.56. The number of nitrogen functional groups attached to an aromatic ring is 1. The highest BCUT2D eigenvalue weighted by Gasteiger charge is 2.28. The van der Waals surface area contributed by atoms with Gasteiger partial charge in [0.15, 0.2) is 16.8 Å². The van der Waals surface area contributed by atoms with Gasteiger partial charge in [-0.3, -0.25) is 0 Å². The Morgan fingerprint density at radius 2 is 1.79 bits per heavy atom. The molecule has 8 heteroatoms. The van der Waals surface area contributed by atoms with Crippen molar-refractivity contribution in [3.63, 3.8) is 0 Å². The molecule has 4 N–H and O–H groups in total. The van der Waals surface area contributed by atoms with Crippen LogP contribution in [0.1, 0.15) is 19.8 Å². The summed E-state index contributed by atoms with van der Waals surface area (Å²) < 4.78 is 0. The van der Waals surface area contributed by atoms with E-state index in [1.165, 1.54) is 0 Å². The van der Waals surface area contributed by atoms with Crippen molar-refractivity contribution in [2.75, 3.05) is 23.7 Å². The molecule has 0 atom stereocenters. The van der Waals surface area contributed by atoms with Crippen LogP contribution in [0.25, 0.3) is 11.3 Å². The standard InChI is InChI=1S/C16H18Cl3N5/c1-16(21)5-7-24(8-6-16)15-13(19)22-12(14(20)23-15)9-3-2-4-10(17)11(9)18/h2-4H,5-8,21H2,1H3,(H2,20,23). The first kappa shape index (κ1) is 17.5. The van der Waals surface area contributed by atoms with E-state index < -0.39 is 0 Å². The molecule has 5 nitrogen and oxygen atoms in total. The van der Waals surface area contributed by atoms with E-state index in [0.29, 0.717) is 27.1 Å². The average Bonchev–Trinajstić information content (AvgIpc) is 2.52. The summed E-state index contributed by atoms with van der Waals surface area (Å²) in [7, 11) is 0. The highest BCUT2D eigenvalue weighted by Crippen LogP contribution is 2.37. The van der Waals surface area contributed by atoms with Gasteiger partial charge >= 0.3 is 0 Å². The van der Waals surface area contributed by atoms with Crippen molar-refractivity contribution in [1.29, 1.82) is 0 Å². The molecule has 1 aromatic carbocycles. The fourth-order valence-electron chi connectivity index (χ4n) is 2.73. The predicted molar refractivity (Wildman–Crippen MR) is 101 cm³/mol. The molecule has 2 aromatic rings. The molecule has 0 unspecified atom stereocenters. The van der Waals surface area contributed by atoms with E-state index in [-0.39, 0.29) is 16.5 Å². The molecule has 1 aliphatic rings. The van der Waals surface area contributed by atoms with E-state index >= 15 is 0 Å². The highest BCUT2D eigenvalue weighted by molar-refractivity contribution is 6.43. The summed E-state index contributed by atoms with van der Waals surface area (Å²) in [5.74, 6) is 0.839. The van der Waals surface area contributed by atoms with E-state index in [1.807, 2.05) is 0 Å². The van der Waals surface area contributed by atoms with Gasteiger partial charge in [-0.15, -0.1) is 0 Å². The molecule has 24 heavy (non-hydrogen) atoms. The lowest BCUT2D eigenvalue weighted by Gasteiger charge is -2.37. The first-order valence-corrected chi connectivity index (χ1v) is 8.73. The number of benzene rings is 1. The third-order valence-corrected chi connectivity index (χ3v) is 5.35. The largest absolute Gasteiger partial charge is 0.382 e. The van der Waals surface area contributed by atoms with Crippen LogP contribution in [0.4, 0.5) is 11.6 Å². The minimum atomic E-state index is -0.157. The number of anilines is 2. The van der Waals surface area contributed by atoms with Gasteiger partial charge in [-0.1, -0.05) is 46.9 Å². The van der Waals surface area contributed by atoms with Gasteiger partial charge in [-0.05, 0) is 25.8 Å². The summed E-state index contributed by atoms with van der Waals surface area (Å²) in [5, 5.41) is 1.09. The molecular weight excluding hydrogens is 369 g/mol. The van der Waals surface area contributed by atoms with Gasteiger partial charge in [0.1, 0.15) is 5.69 Å². The third kappa shape index (κ3) is 3.40. The quantitative estimate of drug-likeness (QED) is 0.815. The maximum Gasteiger partial charge on any atom is 0.172 e. The third-order valence-electron chi connectivity index (χ3n) is 4.28. The van der Waals surface area contributed by atoms with Crippen molar-refractivity contribution in [3.8, 4) is 11.3 Å². The van der Waals surface area contributed by atoms with Crippen molar-refractivity contribution >= 4 is 46.4 Å². The molecule has 1 saturated heterocycles. The summed E-state index contributed by atoms with van der Waals surface area (Å²) in [6.45, 7) is 3.58. The van der Waals surface area contributed by atoms with Crippen molar-refractivity contribution in [2.45, 2.75) is 25.3 Å². The Bertz CT molecular complexity index is 769. The SMILES string of the molecule is CC1(N)CCN(c2nc(N)c(-c3cccc(Cl)c3Cl)nc2Cl)CC1. The van der Waals surface area contributed by atoms with Crippen LogP contribution >= 0.6 is 34.8 Å². The zero-order valence-corrected chi connectivity index (χ0v) is 15.5. The van der Waals surface area contributed by atoms with E-state index in [9.17, 15) is 0 Å². The first-order chi connectivity index (χ1) is 11.3. The Hall–Kier alpha value is -1.27. The molecule has 1 aliphatic heterocycles. The second-order valence-corrected chi connectivity index (χ2v) is 7.46. The lowest BCUT2D eigenvalue weighted by molar-refractivity contribution is 0.363. The number of hydrogen-bond donors (Lipinski definition) is 2. The number of nitrogens with zero attached hydrogens (tertiary/aromatic N) is 3. The zero-order chi connectivity index (χ0) is 17.5. The van der Waals surface area contributed by atoms with Crippen LogP contribution in [-0.2, 0) is 0 Å². The van der Waals surface area contributed by atoms with Gasteiger partial charge in [0.25, 0.3) is 0 Å². The second-order valence-electron chi connectivity index (χ2n) is 6.31. The fourth-order valence-corrected chi connectivity index (χ4v) is 3.37. The van der Waals surface area contributed by atoms with Crippen molar-refractivity contribution in [2.24, 2.45) is 5.73 Å². The minimum absolute atomic E-state index is 0.157. The molecule has 0 aliphatic carbocycles. The first-order valence-electron chi connectivity index (χ1n) is 7.60. The van der Waals surface area contributed by atoms with E-state index in [0.717, 1.165) is 25.9 Å². The van der Waals surface area contributed by atoms with Crippen LogP contribution in [0.5, 0.6) is 0 Å². The van der Waals surface area contributed by atoms with Crippen LogP contribution in [0.3, 0.4) is 0 Å². The Morgan fingerprint density at radius 3 is 2.46 bits per heavy atom. The molecule has 2 heterocycles. The summed E-state index contributed by atoms with van der Waals surface area (Å²) in [6, 6.07) is 5.26. The number of halogens is 3. The van der Waals surface area contributed by atoms with Crippen molar-refractivity contribution in [1.82, 2.24) is 9.97 Å². The lowest BCUT2D eigenvalue weighted by Crippen LogP contribution is -2.48. The van der Waals surface area contributed by atoms with E-state index in [4.69, 9.17) is 46.3 Å². The van der Waals surface area contributed by atoms with Gasteiger partial charge in [0.2, 0.25) is 0 Å². The highest BCUT2D eigenvalue weighted by atomic mass is 35.5. The molecule has 0 amide bonds. The molecule has 0 bridgehead atoms. The molecular formula is C16H18Cl3N5. The van der Waals surface area contributed by atoms with Gasteiger partial charge in [0, 0.05) is 24.2 Å². The van der Waals surface area contributed by atoms with Crippen LogP contribution in [0.15, 0.2) is 18.2 Å². The van der Waals surface area contributed by atoms with Crippen LogP contribution in [-0.4, -0.2) is 28.6 Å². The maximum atomic E-state index is 6.37. The molecule has 1 aromatic heterocycles. The Morgan fingerprint density at radius 1 is 1.12 bits per heavy atom. The molecule has 0 spiro atoms. The van der Waals surface area contributed by atoms with Crippen LogP contribution in [0.2, 0.25) is 15.2 Å². The number of aromatic nitrogens is 2. The number of hydrogen-bond acceptors (Lipinski definition) is 5. The fraction of sp³-hybridized carbons (Fsp3) is 0.375. The topological polar surface area (TPSA) is 81.1 Å². The van der Waals surface area contributed by atoms with Crippen LogP contribution in [0, 0.1) is 0 Å². The lowest BCUT2D eigenvalue weighted by atomic mass is 9.91. The van der Waals surface area contributed by atoms with Gasteiger partial charge < -0.3 is 16.4 Å². The molecule has 0 saturated carbocycles. The minimum Gasteiger partial charge on any atom is -0.382 e. The number of piperidine rings is 1. The van der Waals surface area contributed by atoms with Gasteiger partial charge in [0.05, 0.1) is 10.0 Å². The Labute approximate surface area is 155 Å². The van der Waals surface area contributed by atoms with E-state index in [1.54, 1.807) is 18.2 Å².